The second kappa shape index (κ2) is 6.40. The molecule has 2 N–H and O–H groups in total. The van der Waals surface area contributed by atoms with Crippen LogP contribution >= 0.6 is 0 Å². The van der Waals surface area contributed by atoms with E-state index in [2.05, 4.69) is 27.8 Å². The van der Waals surface area contributed by atoms with Gasteiger partial charge in [0.05, 0.1) is 11.9 Å². The lowest BCUT2D eigenvalue weighted by atomic mass is 10.1. The van der Waals surface area contributed by atoms with Gasteiger partial charge in [0.25, 0.3) is 0 Å². The van der Waals surface area contributed by atoms with Gasteiger partial charge in [-0.25, -0.2) is 0 Å². The lowest BCUT2D eigenvalue weighted by Gasteiger charge is -2.28. The van der Waals surface area contributed by atoms with Gasteiger partial charge in [0.15, 0.2) is 0 Å². The molecule has 0 aromatic carbocycles. The first kappa shape index (κ1) is 12.0. The highest BCUT2D eigenvalue weighted by Crippen LogP contribution is 2.18. The van der Waals surface area contributed by atoms with E-state index < -0.39 is 0 Å². The molecule has 0 amide bonds. The molecule has 2 rings (SSSR count). The van der Waals surface area contributed by atoms with E-state index >= 15 is 0 Å². The Bertz CT molecular complexity index is 268. The fourth-order valence-corrected chi connectivity index (χ4v) is 1.80. The van der Waals surface area contributed by atoms with Crippen LogP contribution in [0.5, 0.6) is 0 Å². The van der Waals surface area contributed by atoms with E-state index in [1.165, 1.54) is 45.1 Å². The van der Waals surface area contributed by atoms with E-state index in [1.807, 2.05) is 13.1 Å². The Kier molecular flexibility index (Phi) is 5.12. The first-order valence-electron chi connectivity index (χ1n) is 5.61. The Morgan fingerprint density at radius 2 is 1.87 bits per heavy atom. The number of aromatic nitrogens is 1. The number of nitrogens with two attached hydrogens (primary N) is 1. The van der Waals surface area contributed by atoms with Crippen LogP contribution in [0.3, 0.4) is 0 Å². The molecule has 2 heterocycles. The number of piperidine rings is 1. The largest absolute Gasteiger partial charge is 0.370 e. The second-order valence-corrected chi connectivity index (χ2v) is 3.71. The van der Waals surface area contributed by atoms with E-state index in [9.17, 15) is 0 Å². The standard InChI is InChI=1S/C11H16N2.CH5N.H2/c1-10-5-6-11(9-12-10)13-7-3-2-4-8-13;1-2;/h5-6,9H,2-4,7-8H2,1H3;2H2,1H3;1H. The zero-order valence-corrected chi connectivity index (χ0v) is 9.74. The highest BCUT2D eigenvalue weighted by atomic mass is 15.1. The third-order valence-electron chi connectivity index (χ3n) is 2.62. The Morgan fingerprint density at radius 1 is 1.20 bits per heavy atom. The van der Waals surface area contributed by atoms with Crippen LogP contribution in [0.15, 0.2) is 18.3 Å². The van der Waals surface area contributed by atoms with Crippen LogP contribution in [0, 0.1) is 6.92 Å². The maximum Gasteiger partial charge on any atom is 0.0552 e. The molecule has 1 aromatic rings. The lowest BCUT2D eigenvalue weighted by molar-refractivity contribution is 0.577. The van der Waals surface area contributed by atoms with Gasteiger partial charge in [-0.3, -0.25) is 4.98 Å². The molecule has 3 nitrogen and oxygen atoms in total. The minimum atomic E-state index is 0. The molecule has 0 saturated carbocycles. The van der Waals surface area contributed by atoms with Crippen molar-refractivity contribution in [3.8, 4) is 0 Å². The average molecular weight is 209 g/mol. The summed E-state index contributed by atoms with van der Waals surface area (Å²) < 4.78 is 0. The minimum absolute atomic E-state index is 0. The van der Waals surface area contributed by atoms with Crippen molar-refractivity contribution in [2.45, 2.75) is 26.2 Å². The second-order valence-electron chi connectivity index (χ2n) is 3.71. The molecule has 3 heteroatoms. The summed E-state index contributed by atoms with van der Waals surface area (Å²) in [5.41, 5.74) is 6.88. The van der Waals surface area contributed by atoms with E-state index in [0.717, 1.165) is 5.69 Å². The summed E-state index contributed by atoms with van der Waals surface area (Å²) in [7, 11) is 1.50. The summed E-state index contributed by atoms with van der Waals surface area (Å²) in [5.74, 6) is 0. The topological polar surface area (TPSA) is 42.1 Å². The Balaban J connectivity index is 0.000000711. The minimum Gasteiger partial charge on any atom is -0.370 e. The summed E-state index contributed by atoms with van der Waals surface area (Å²) >= 11 is 0. The third-order valence-corrected chi connectivity index (χ3v) is 2.62. The normalized spacial score (nSPS) is 15.5. The number of nitrogens with zero attached hydrogens (tertiary/aromatic N) is 2. The van der Waals surface area contributed by atoms with Crippen LogP contribution in [-0.4, -0.2) is 25.1 Å². The maximum atomic E-state index is 4.50. The van der Waals surface area contributed by atoms with E-state index in [-0.39, 0.29) is 1.43 Å². The van der Waals surface area contributed by atoms with Crippen molar-refractivity contribution < 1.29 is 1.43 Å². The molecule has 1 fully saturated rings. The monoisotopic (exact) mass is 209 g/mol. The SMILES string of the molecule is CN.Cc1ccc(N2CCCCC2)cn1.[HH]. The van der Waals surface area contributed by atoms with Crippen molar-refractivity contribution >= 4 is 5.69 Å². The van der Waals surface area contributed by atoms with Gasteiger partial charge in [0, 0.05) is 20.2 Å². The molecule has 0 aliphatic carbocycles. The van der Waals surface area contributed by atoms with E-state index in [0.29, 0.717) is 0 Å². The van der Waals surface area contributed by atoms with Crippen LogP contribution in [0.2, 0.25) is 0 Å². The number of pyridine rings is 1. The lowest BCUT2D eigenvalue weighted by Crippen LogP contribution is -2.29. The molecule has 86 valence electrons. The smallest absolute Gasteiger partial charge is 0.0552 e. The summed E-state index contributed by atoms with van der Waals surface area (Å²) in [5, 5.41) is 0. The van der Waals surface area contributed by atoms with E-state index in [1.54, 1.807) is 0 Å². The number of anilines is 1. The third kappa shape index (κ3) is 3.51. The van der Waals surface area contributed by atoms with Gasteiger partial charge in [0.2, 0.25) is 0 Å². The van der Waals surface area contributed by atoms with Crippen molar-refractivity contribution in [2.75, 3.05) is 25.0 Å². The average Bonchev–Trinajstić information content (AvgIpc) is 2.34. The van der Waals surface area contributed by atoms with Gasteiger partial charge in [-0.2, -0.15) is 0 Å². The number of aryl methyl sites for hydroxylation is 1. The molecule has 1 saturated heterocycles. The molecule has 0 unspecified atom stereocenters. The van der Waals surface area contributed by atoms with Gasteiger partial charge in [-0.15, -0.1) is 0 Å². The first-order chi connectivity index (χ1) is 7.36. The molecule has 0 radical (unpaired) electrons. The van der Waals surface area contributed by atoms with Crippen LogP contribution in [-0.2, 0) is 0 Å². The molecule has 0 bridgehead atoms. The van der Waals surface area contributed by atoms with Crippen LogP contribution in [0.4, 0.5) is 5.69 Å². The van der Waals surface area contributed by atoms with Crippen molar-refractivity contribution in [1.82, 2.24) is 4.98 Å². The number of rotatable bonds is 1. The highest BCUT2D eigenvalue weighted by molar-refractivity contribution is 5.44. The maximum absolute atomic E-state index is 4.50. The molecule has 1 aromatic heterocycles. The molecular weight excluding hydrogens is 186 g/mol. The fraction of sp³-hybridized carbons (Fsp3) is 0.583. The van der Waals surface area contributed by atoms with Crippen molar-refractivity contribution in [3.63, 3.8) is 0 Å². The van der Waals surface area contributed by atoms with Gasteiger partial charge in [-0.05, 0) is 45.4 Å². The predicted octanol–water partition coefficient (Wildman–Crippen LogP) is 2.20. The van der Waals surface area contributed by atoms with Crippen molar-refractivity contribution in [1.29, 1.82) is 0 Å². The zero-order chi connectivity index (χ0) is 11.1. The van der Waals surface area contributed by atoms with Gasteiger partial charge in [0.1, 0.15) is 0 Å². The summed E-state index contributed by atoms with van der Waals surface area (Å²) in [6, 6.07) is 4.26. The summed E-state index contributed by atoms with van der Waals surface area (Å²) in [6.45, 7) is 4.43. The van der Waals surface area contributed by atoms with Gasteiger partial charge >= 0.3 is 0 Å². The number of hydrogen-bond acceptors (Lipinski definition) is 3. The number of hydrogen-bond donors (Lipinski definition) is 1. The summed E-state index contributed by atoms with van der Waals surface area (Å²) in [4.78, 5) is 6.74. The van der Waals surface area contributed by atoms with Crippen molar-refractivity contribution in [2.24, 2.45) is 5.73 Å². The van der Waals surface area contributed by atoms with Crippen LogP contribution < -0.4 is 10.6 Å². The van der Waals surface area contributed by atoms with Crippen molar-refractivity contribution in [3.05, 3.63) is 24.0 Å². The Hall–Kier alpha value is -1.09. The summed E-state index contributed by atoms with van der Waals surface area (Å²) in [6.07, 6.45) is 6.03. The fourth-order valence-electron chi connectivity index (χ4n) is 1.80. The molecule has 0 spiro atoms. The predicted molar refractivity (Wildman–Crippen MR) is 67.3 cm³/mol. The van der Waals surface area contributed by atoms with Gasteiger partial charge < -0.3 is 10.6 Å². The van der Waals surface area contributed by atoms with Gasteiger partial charge in [-0.1, -0.05) is 0 Å². The highest BCUT2D eigenvalue weighted by Gasteiger charge is 2.10. The molecule has 0 atom stereocenters. The molecule has 15 heavy (non-hydrogen) atoms. The van der Waals surface area contributed by atoms with Crippen LogP contribution in [0.1, 0.15) is 26.4 Å². The first-order valence-corrected chi connectivity index (χ1v) is 5.61. The molecular formula is C12H23N3. The quantitative estimate of drug-likeness (QED) is 0.771. The van der Waals surface area contributed by atoms with Crippen LogP contribution in [0.25, 0.3) is 0 Å². The zero-order valence-electron chi connectivity index (χ0n) is 9.74. The molecule has 1 aliphatic heterocycles. The van der Waals surface area contributed by atoms with E-state index in [4.69, 9.17) is 0 Å². The molecule has 1 aliphatic rings. The Morgan fingerprint density at radius 3 is 2.40 bits per heavy atom. The Labute approximate surface area is 93.8 Å².